The molecule has 0 radical (unpaired) electrons. The van der Waals surface area contributed by atoms with Gasteiger partial charge in [-0.15, -0.1) is 0 Å². The van der Waals surface area contributed by atoms with E-state index in [1.165, 1.54) is 21.4 Å². The molecule has 1 atom stereocenters. The molecule has 2 heterocycles. The Labute approximate surface area is 146 Å². The van der Waals surface area contributed by atoms with Gasteiger partial charge in [-0.3, -0.25) is 4.79 Å². The molecule has 1 aromatic heterocycles. The quantitative estimate of drug-likeness (QED) is 0.871. The number of hydrogen-bond donors (Lipinski definition) is 1. The second-order valence-corrected chi connectivity index (χ2v) is 8.40. The minimum atomic E-state index is -3.75. The van der Waals surface area contributed by atoms with E-state index < -0.39 is 16.1 Å². The maximum atomic E-state index is 13.0. The van der Waals surface area contributed by atoms with Crippen LogP contribution in [-0.2, 0) is 14.8 Å². The summed E-state index contributed by atoms with van der Waals surface area (Å²) in [6, 6.07) is 8.92. The van der Waals surface area contributed by atoms with Crippen molar-refractivity contribution >= 4 is 15.9 Å². The molecule has 8 heteroatoms. The molecule has 0 bridgehead atoms. The number of nitrogens with zero attached hydrogens (tertiary/aromatic N) is 3. The van der Waals surface area contributed by atoms with Crippen LogP contribution in [-0.4, -0.2) is 47.0 Å². The zero-order valence-electron chi connectivity index (χ0n) is 13.7. The molecular weight excluding hydrogens is 340 g/mol. The zero-order valence-corrected chi connectivity index (χ0v) is 14.5. The van der Waals surface area contributed by atoms with Gasteiger partial charge in [0.25, 0.3) is 0 Å². The van der Waals surface area contributed by atoms with Crippen LogP contribution in [0.25, 0.3) is 5.69 Å². The molecule has 1 N–H and O–H groups in total. The SMILES string of the molecule is O=C(NC1CC1)C1CCCN1S(=O)(=O)c1cnn(-c2ccccc2)c1. The Morgan fingerprint density at radius 1 is 1.16 bits per heavy atom. The second kappa shape index (κ2) is 6.27. The van der Waals surface area contributed by atoms with Crippen LogP contribution in [0.15, 0.2) is 47.6 Å². The smallest absolute Gasteiger partial charge is 0.246 e. The van der Waals surface area contributed by atoms with E-state index in [2.05, 4.69) is 10.4 Å². The number of rotatable bonds is 5. The molecule has 4 rings (SSSR count). The molecule has 1 saturated heterocycles. The first kappa shape index (κ1) is 16.3. The van der Waals surface area contributed by atoms with Gasteiger partial charge in [0.2, 0.25) is 15.9 Å². The lowest BCUT2D eigenvalue weighted by Crippen LogP contribution is -2.46. The topological polar surface area (TPSA) is 84.3 Å². The van der Waals surface area contributed by atoms with Gasteiger partial charge in [-0.1, -0.05) is 18.2 Å². The Hall–Kier alpha value is -2.19. The van der Waals surface area contributed by atoms with E-state index in [9.17, 15) is 13.2 Å². The average molecular weight is 360 g/mol. The fourth-order valence-corrected chi connectivity index (χ4v) is 4.70. The van der Waals surface area contributed by atoms with Crippen molar-refractivity contribution in [3.05, 3.63) is 42.7 Å². The van der Waals surface area contributed by atoms with Crippen molar-refractivity contribution in [3.8, 4) is 5.69 Å². The maximum absolute atomic E-state index is 13.0. The van der Waals surface area contributed by atoms with Crippen molar-refractivity contribution < 1.29 is 13.2 Å². The first-order chi connectivity index (χ1) is 12.1. The van der Waals surface area contributed by atoms with Crippen LogP contribution >= 0.6 is 0 Å². The van der Waals surface area contributed by atoms with Crippen molar-refractivity contribution in [2.24, 2.45) is 0 Å². The molecule has 2 fully saturated rings. The van der Waals surface area contributed by atoms with Gasteiger partial charge >= 0.3 is 0 Å². The molecule has 1 amide bonds. The third-order valence-corrected chi connectivity index (χ3v) is 6.48. The number of amides is 1. The van der Waals surface area contributed by atoms with E-state index in [0.29, 0.717) is 19.4 Å². The van der Waals surface area contributed by atoms with E-state index in [-0.39, 0.29) is 16.8 Å². The minimum Gasteiger partial charge on any atom is -0.352 e. The lowest BCUT2D eigenvalue weighted by Gasteiger charge is -2.22. The van der Waals surface area contributed by atoms with Crippen molar-refractivity contribution in [2.45, 2.75) is 42.7 Å². The molecule has 25 heavy (non-hydrogen) atoms. The fourth-order valence-electron chi connectivity index (χ4n) is 3.11. The molecule has 1 aromatic carbocycles. The summed E-state index contributed by atoms with van der Waals surface area (Å²) in [5, 5.41) is 7.08. The molecule has 1 aliphatic heterocycles. The summed E-state index contributed by atoms with van der Waals surface area (Å²) in [4.78, 5) is 12.5. The standard InChI is InChI=1S/C17H20N4O3S/c22-17(19-13-8-9-13)16-7-4-10-21(16)25(23,24)15-11-18-20(12-15)14-5-2-1-3-6-14/h1-3,5-6,11-13,16H,4,7-10H2,(H,19,22). The summed E-state index contributed by atoms with van der Waals surface area (Å²) < 4.78 is 28.8. The molecule has 7 nitrogen and oxygen atoms in total. The Kier molecular flexibility index (Phi) is 4.09. The number of carbonyl (C=O) groups is 1. The van der Waals surface area contributed by atoms with Gasteiger partial charge in [-0.2, -0.15) is 9.40 Å². The number of carbonyl (C=O) groups excluding carboxylic acids is 1. The van der Waals surface area contributed by atoms with Crippen LogP contribution in [0, 0.1) is 0 Å². The molecule has 132 valence electrons. The Bertz CT molecular complexity index is 874. The van der Waals surface area contributed by atoms with Crippen molar-refractivity contribution in [1.82, 2.24) is 19.4 Å². The number of sulfonamides is 1. The normalized spacial score (nSPS) is 21.4. The predicted molar refractivity (Wildman–Crippen MR) is 91.6 cm³/mol. The van der Waals surface area contributed by atoms with Gasteiger partial charge in [0, 0.05) is 12.6 Å². The first-order valence-corrected chi connectivity index (χ1v) is 9.92. The van der Waals surface area contributed by atoms with Gasteiger partial charge < -0.3 is 5.32 Å². The van der Waals surface area contributed by atoms with Gasteiger partial charge in [0.15, 0.2) is 0 Å². The fraction of sp³-hybridized carbons (Fsp3) is 0.412. The maximum Gasteiger partial charge on any atom is 0.246 e. The van der Waals surface area contributed by atoms with Crippen molar-refractivity contribution in [3.63, 3.8) is 0 Å². The van der Waals surface area contributed by atoms with Crippen molar-refractivity contribution in [1.29, 1.82) is 0 Å². The lowest BCUT2D eigenvalue weighted by atomic mass is 10.2. The summed E-state index contributed by atoms with van der Waals surface area (Å²) >= 11 is 0. The van der Waals surface area contributed by atoms with E-state index in [1.807, 2.05) is 30.3 Å². The van der Waals surface area contributed by atoms with Gasteiger partial charge in [0.1, 0.15) is 10.9 Å². The van der Waals surface area contributed by atoms with Gasteiger partial charge in [-0.25, -0.2) is 13.1 Å². The molecule has 1 unspecified atom stereocenters. The first-order valence-electron chi connectivity index (χ1n) is 8.48. The van der Waals surface area contributed by atoms with Crippen LogP contribution in [0.1, 0.15) is 25.7 Å². The summed E-state index contributed by atoms with van der Waals surface area (Å²) in [6.45, 7) is 0.363. The summed E-state index contributed by atoms with van der Waals surface area (Å²) in [5.41, 5.74) is 0.786. The van der Waals surface area contributed by atoms with E-state index >= 15 is 0 Å². The lowest BCUT2D eigenvalue weighted by molar-refractivity contribution is -0.124. The molecule has 2 aromatic rings. The summed E-state index contributed by atoms with van der Waals surface area (Å²) in [6.07, 6.45) is 6.05. The predicted octanol–water partition coefficient (Wildman–Crippen LogP) is 1.30. The highest BCUT2D eigenvalue weighted by Gasteiger charge is 2.41. The zero-order chi connectivity index (χ0) is 17.4. The monoisotopic (exact) mass is 360 g/mol. The summed E-state index contributed by atoms with van der Waals surface area (Å²) in [5.74, 6) is -0.181. The largest absolute Gasteiger partial charge is 0.352 e. The van der Waals surface area contributed by atoms with E-state index in [4.69, 9.17) is 0 Å². The second-order valence-electron chi connectivity index (χ2n) is 6.51. The van der Waals surface area contributed by atoms with Crippen LogP contribution in [0.4, 0.5) is 0 Å². The van der Waals surface area contributed by atoms with Gasteiger partial charge in [0.05, 0.1) is 18.1 Å². The third kappa shape index (κ3) is 3.19. The Balaban J connectivity index is 1.58. The molecule has 2 aliphatic rings. The third-order valence-electron chi connectivity index (χ3n) is 4.62. The Morgan fingerprint density at radius 2 is 1.92 bits per heavy atom. The van der Waals surface area contributed by atoms with Crippen molar-refractivity contribution in [2.75, 3.05) is 6.54 Å². The summed E-state index contributed by atoms with van der Waals surface area (Å²) in [7, 11) is -3.75. The molecule has 1 saturated carbocycles. The van der Waals surface area contributed by atoms with E-state index in [0.717, 1.165) is 18.5 Å². The highest BCUT2D eigenvalue weighted by molar-refractivity contribution is 7.89. The highest BCUT2D eigenvalue weighted by atomic mass is 32.2. The van der Waals surface area contributed by atoms with Crippen LogP contribution in [0.5, 0.6) is 0 Å². The Morgan fingerprint density at radius 3 is 2.64 bits per heavy atom. The van der Waals surface area contributed by atoms with Crippen LogP contribution < -0.4 is 5.32 Å². The van der Waals surface area contributed by atoms with Crippen LogP contribution in [0.3, 0.4) is 0 Å². The highest BCUT2D eigenvalue weighted by Crippen LogP contribution is 2.28. The van der Waals surface area contributed by atoms with E-state index in [1.54, 1.807) is 0 Å². The van der Waals surface area contributed by atoms with Crippen LogP contribution in [0.2, 0.25) is 0 Å². The number of nitrogens with one attached hydrogen (secondary N) is 1. The number of hydrogen-bond acceptors (Lipinski definition) is 4. The number of aromatic nitrogens is 2. The molecular formula is C17H20N4O3S. The average Bonchev–Trinajstić information content (AvgIpc) is 3.11. The molecule has 1 aliphatic carbocycles. The minimum absolute atomic E-state index is 0.113. The number of benzene rings is 1. The molecule has 0 spiro atoms. The number of para-hydroxylation sites is 1. The van der Waals surface area contributed by atoms with Gasteiger partial charge in [-0.05, 0) is 37.8 Å².